The second-order valence-corrected chi connectivity index (χ2v) is 4.15. The SMILES string of the molecule is CC(=O)Oc1cccc(C(=O)N[C@H](CC(=O)O)C(N)=O)c1. The first-order valence-corrected chi connectivity index (χ1v) is 5.90. The van der Waals surface area contributed by atoms with E-state index in [2.05, 4.69) is 5.32 Å². The van der Waals surface area contributed by atoms with Gasteiger partial charge in [0.2, 0.25) is 5.91 Å². The standard InChI is InChI=1S/C13H14N2O6/c1-7(16)21-9-4-2-3-8(5-9)13(20)15-10(12(14)19)6-11(17)18/h2-5,10H,6H2,1H3,(H2,14,19)(H,15,20)(H,17,18)/t10-/m1/s1. The number of benzene rings is 1. The quantitative estimate of drug-likeness (QED) is 0.485. The first kappa shape index (κ1) is 16.2. The van der Waals surface area contributed by atoms with E-state index in [4.69, 9.17) is 15.6 Å². The van der Waals surface area contributed by atoms with Crippen molar-refractivity contribution in [1.29, 1.82) is 0 Å². The molecule has 0 saturated carbocycles. The first-order chi connectivity index (χ1) is 9.79. The Balaban J connectivity index is 2.84. The second kappa shape index (κ2) is 7.04. The van der Waals surface area contributed by atoms with Gasteiger partial charge >= 0.3 is 11.9 Å². The summed E-state index contributed by atoms with van der Waals surface area (Å²) in [5.74, 6) is -3.32. The van der Waals surface area contributed by atoms with Crippen LogP contribution in [-0.2, 0) is 14.4 Å². The maximum Gasteiger partial charge on any atom is 0.308 e. The van der Waals surface area contributed by atoms with Gasteiger partial charge in [-0.1, -0.05) is 6.07 Å². The molecule has 0 spiro atoms. The van der Waals surface area contributed by atoms with Crippen molar-refractivity contribution in [2.45, 2.75) is 19.4 Å². The van der Waals surface area contributed by atoms with E-state index in [1.807, 2.05) is 0 Å². The smallest absolute Gasteiger partial charge is 0.308 e. The topological polar surface area (TPSA) is 136 Å². The van der Waals surface area contributed by atoms with Crippen LogP contribution in [0.4, 0.5) is 0 Å². The number of nitrogens with one attached hydrogen (secondary N) is 1. The Labute approximate surface area is 119 Å². The molecule has 1 atom stereocenters. The second-order valence-electron chi connectivity index (χ2n) is 4.15. The Bertz CT molecular complexity index is 584. The van der Waals surface area contributed by atoms with Crippen LogP contribution in [0.1, 0.15) is 23.7 Å². The van der Waals surface area contributed by atoms with Crippen LogP contribution >= 0.6 is 0 Å². The molecule has 1 rings (SSSR count). The molecule has 8 nitrogen and oxygen atoms in total. The number of carboxylic acid groups (broad SMARTS) is 1. The monoisotopic (exact) mass is 294 g/mol. The number of esters is 1. The zero-order valence-electron chi connectivity index (χ0n) is 11.2. The summed E-state index contributed by atoms with van der Waals surface area (Å²) in [6.45, 7) is 1.21. The molecule has 0 aliphatic heterocycles. The van der Waals surface area contributed by atoms with Crippen molar-refractivity contribution in [1.82, 2.24) is 5.32 Å². The lowest BCUT2D eigenvalue weighted by atomic mass is 10.1. The van der Waals surface area contributed by atoms with Crippen LogP contribution in [-0.4, -0.2) is 34.9 Å². The molecular formula is C13H14N2O6. The number of primary amides is 1. The largest absolute Gasteiger partial charge is 0.481 e. The fraction of sp³-hybridized carbons (Fsp3) is 0.231. The van der Waals surface area contributed by atoms with Gasteiger partial charge in [0.05, 0.1) is 6.42 Å². The van der Waals surface area contributed by atoms with E-state index in [0.29, 0.717) is 0 Å². The molecule has 21 heavy (non-hydrogen) atoms. The number of carbonyl (C=O) groups is 4. The molecule has 1 aromatic carbocycles. The average molecular weight is 294 g/mol. The van der Waals surface area contributed by atoms with Crippen LogP contribution in [0.25, 0.3) is 0 Å². The number of ether oxygens (including phenoxy) is 1. The van der Waals surface area contributed by atoms with E-state index in [1.54, 1.807) is 0 Å². The number of amides is 2. The minimum atomic E-state index is -1.33. The zero-order valence-corrected chi connectivity index (χ0v) is 11.2. The third-order valence-corrected chi connectivity index (χ3v) is 2.39. The van der Waals surface area contributed by atoms with Gasteiger partial charge in [-0.15, -0.1) is 0 Å². The molecule has 0 aliphatic carbocycles. The minimum Gasteiger partial charge on any atom is -0.481 e. The number of carboxylic acids is 1. The van der Waals surface area contributed by atoms with E-state index >= 15 is 0 Å². The molecule has 0 aliphatic rings. The summed E-state index contributed by atoms with van der Waals surface area (Å²) >= 11 is 0. The molecule has 0 bridgehead atoms. The molecule has 0 aromatic heterocycles. The summed E-state index contributed by atoms with van der Waals surface area (Å²) in [6.07, 6.45) is -0.620. The van der Waals surface area contributed by atoms with Gasteiger partial charge in [-0.3, -0.25) is 19.2 Å². The van der Waals surface area contributed by atoms with Gasteiger partial charge in [-0.2, -0.15) is 0 Å². The van der Waals surface area contributed by atoms with Gasteiger partial charge in [-0.25, -0.2) is 0 Å². The van der Waals surface area contributed by atoms with Crippen LogP contribution in [0.2, 0.25) is 0 Å². The van der Waals surface area contributed by atoms with Crippen molar-refractivity contribution >= 4 is 23.8 Å². The van der Waals surface area contributed by atoms with Gasteiger partial charge in [0.25, 0.3) is 5.91 Å². The Morgan fingerprint density at radius 3 is 2.52 bits per heavy atom. The molecule has 4 N–H and O–H groups in total. The van der Waals surface area contributed by atoms with Crippen LogP contribution in [0, 0.1) is 0 Å². The van der Waals surface area contributed by atoms with Crippen molar-refractivity contribution in [2.24, 2.45) is 5.73 Å². The number of hydrogen-bond donors (Lipinski definition) is 3. The summed E-state index contributed by atoms with van der Waals surface area (Å²) in [7, 11) is 0. The van der Waals surface area contributed by atoms with E-state index in [-0.39, 0.29) is 11.3 Å². The predicted molar refractivity (Wildman–Crippen MR) is 70.5 cm³/mol. The highest BCUT2D eigenvalue weighted by Crippen LogP contribution is 2.13. The molecule has 0 heterocycles. The summed E-state index contributed by atoms with van der Waals surface area (Å²) < 4.78 is 4.82. The Kier molecular flexibility index (Phi) is 5.41. The highest BCUT2D eigenvalue weighted by atomic mass is 16.5. The maximum absolute atomic E-state index is 11.9. The average Bonchev–Trinajstić information content (AvgIpc) is 2.36. The van der Waals surface area contributed by atoms with Crippen molar-refractivity contribution in [3.63, 3.8) is 0 Å². The summed E-state index contributed by atoms with van der Waals surface area (Å²) in [5.41, 5.74) is 5.12. The van der Waals surface area contributed by atoms with E-state index < -0.39 is 36.2 Å². The van der Waals surface area contributed by atoms with Crippen molar-refractivity contribution in [3.05, 3.63) is 29.8 Å². The summed E-state index contributed by atoms with van der Waals surface area (Å²) in [5, 5.41) is 10.9. The molecule has 0 radical (unpaired) electrons. The van der Waals surface area contributed by atoms with Crippen molar-refractivity contribution < 1.29 is 29.0 Å². The van der Waals surface area contributed by atoms with E-state index in [1.165, 1.54) is 31.2 Å². The lowest BCUT2D eigenvalue weighted by molar-refractivity contribution is -0.139. The van der Waals surface area contributed by atoms with Gasteiger partial charge in [0.15, 0.2) is 0 Å². The van der Waals surface area contributed by atoms with Crippen LogP contribution in [0.15, 0.2) is 24.3 Å². The third kappa shape index (κ3) is 5.31. The van der Waals surface area contributed by atoms with E-state index in [9.17, 15) is 19.2 Å². The van der Waals surface area contributed by atoms with Crippen LogP contribution < -0.4 is 15.8 Å². The molecule has 112 valence electrons. The molecule has 0 saturated heterocycles. The number of rotatable bonds is 6. The van der Waals surface area contributed by atoms with Crippen molar-refractivity contribution in [3.8, 4) is 5.75 Å². The summed E-state index contributed by atoms with van der Waals surface area (Å²) in [4.78, 5) is 44.4. The first-order valence-electron chi connectivity index (χ1n) is 5.90. The minimum absolute atomic E-state index is 0.102. The fourth-order valence-corrected chi connectivity index (χ4v) is 1.51. The van der Waals surface area contributed by atoms with Gasteiger partial charge in [0.1, 0.15) is 11.8 Å². The molecule has 1 aromatic rings. The molecule has 0 unspecified atom stereocenters. The molecule has 0 fully saturated rings. The molecular weight excluding hydrogens is 280 g/mol. The van der Waals surface area contributed by atoms with Gasteiger partial charge < -0.3 is 20.9 Å². The van der Waals surface area contributed by atoms with Crippen molar-refractivity contribution in [2.75, 3.05) is 0 Å². The lowest BCUT2D eigenvalue weighted by Crippen LogP contribution is -2.45. The molecule has 2 amide bonds. The number of aliphatic carboxylic acids is 1. The Morgan fingerprint density at radius 2 is 2.00 bits per heavy atom. The van der Waals surface area contributed by atoms with Crippen LogP contribution in [0.5, 0.6) is 5.75 Å². The maximum atomic E-state index is 11.9. The highest BCUT2D eigenvalue weighted by Gasteiger charge is 2.22. The number of carbonyl (C=O) groups excluding carboxylic acids is 3. The van der Waals surface area contributed by atoms with Gasteiger partial charge in [0, 0.05) is 12.5 Å². The Hall–Kier alpha value is -2.90. The van der Waals surface area contributed by atoms with E-state index in [0.717, 1.165) is 0 Å². The third-order valence-electron chi connectivity index (χ3n) is 2.39. The normalized spacial score (nSPS) is 11.3. The number of nitrogens with two attached hydrogens (primary N) is 1. The highest BCUT2D eigenvalue weighted by molar-refractivity contribution is 5.98. The fourth-order valence-electron chi connectivity index (χ4n) is 1.51. The van der Waals surface area contributed by atoms with Crippen LogP contribution in [0.3, 0.4) is 0 Å². The number of hydrogen-bond acceptors (Lipinski definition) is 5. The Morgan fingerprint density at radius 1 is 1.33 bits per heavy atom. The van der Waals surface area contributed by atoms with Gasteiger partial charge in [-0.05, 0) is 18.2 Å². The predicted octanol–water partition coefficient (Wildman–Crippen LogP) is -0.330. The summed E-state index contributed by atoms with van der Waals surface area (Å²) in [6, 6.07) is 4.33. The lowest BCUT2D eigenvalue weighted by Gasteiger charge is -2.13. The molecule has 8 heteroatoms. The zero-order chi connectivity index (χ0) is 16.0.